The number of carbonyl (C=O) groups is 3. The van der Waals surface area contributed by atoms with Crippen molar-refractivity contribution in [2.24, 2.45) is 5.73 Å². The Kier molecular flexibility index (Phi) is 5.53. The van der Waals surface area contributed by atoms with E-state index < -0.39 is 29.7 Å². The van der Waals surface area contributed by atoms with Crippen LogP contribution in [0.1, 0.15) is 27.6 Å². The van der Waals surface area contributed by atoms with E-state index in [1.54, 1.807) is 5.38 Å². The first kappa shape index (κ1) is 17.9. The zero-order valence-electron chi connectivity index (χ0n) is 12.3. The van der Waals surface area contributed by atoms with Gasteiger partial charge < -0.3 is 15.8 Å². The molecular formula is C15H12ClFN2O4S. The number of anilines is 1. The number of nitrogens with one attached hydrogen (secondary N) is 1. The average Bonchev–Trinajstić information content (AvgIpc) is 2.95. The maximum atomic E-state index is 13.7. The van der Waals surface area contributed by atoms with Gasteiger partial charge in [-0.25, -0.2) is 9.18 Å². The van der Waals surface area contributed by atoms with E-state index in [-0.39, 0.29) is 21.2 Å². The fourth-order valence-electron chi connectivity index (χ4n) is 1.75. The summed E-state index contributed by atoms with van der Waals surface area (Å²) in [5, 5.41) is 4.39. The summed E-state index contributed by atoms with van der Waals surface area (Å²) in [6.45, 7) is 1.32. The molecule has 0 fully saturated rings. The first-order valence-corrected chi connectivity index (χ1v) is 7.89. The van der Waals surface area contributed by atoms with Crippen molar-refractivity contribution in [3.05, 3.63) is 51.6 Å². The van der Waals surface area contributed by atoms with Gasteiger partial charge in [-0.05, 0) is 36.6 Å². The van der Waals surface area contributed by atoms with Crippen molar-refractivity contribution in [2.45, 2.75) is 13.0 Å². The molecule has 0 unspecified atom stereocenters. The van der Waals surface area contributed by atoms with Crippen molar-refractivity contribution < 1.29 is 23.5 Å². The largest absolute Gasteiger partial charge is 0.449 e. The van der Waals surface area contributed by atoms with Crippen molar-refractivity contribution >= 4 is 45.7 Å². The molecule has 3 N–H and O–H groups in total. The molecule has 0 aliphatic carbocycles. The predicted molar refractivity (Wildman–Crippen MR) is 87.8 cm³/mol. The number of hydrogen-bond acceptors (Lipinski definition) is 5. The number of halogens is 2. The maximum absolute atomic E-state index is 13.7. The molecule has 0 saturated carbocycles. The normalized spacial score (nSPS) is 11.6. The number of thiophene rings is 1. The number of primary amides is 1. The number of rotatable bonds is 5. The molecule has 9 heteroatoms. The predicted octanol–water partition coefficient (Wildman–Crippen LogP) is 2.82. The van der Waals surface area contributed by atoms with E-state index in [1.165, 1.54) is 19.1 Å². The minimum Gasteiger partial charge on any atom is -0.449 e. The lowest BCUT2D eigenvalue weighted by Crippen LogP contribution is -2.30. The van der Waals surface area contributed by atoms with Crippen molar-refractivity contribution in [3.63, 3.8) is 0 Å². The minimum absolute atomic E-state index is 0.131. The fourth-order valence-corrected chi connectivity index (χ4v) is 2.70. The molecule has 1 aromatic carbocycles. The first-order chi connectivity index (χ1) is 11.3. The summed E-state index contributed by atoms with van der Waals surface area (Å²) in [4.78, 5) is 35.2. The van der Waals surface area contributed by atoms with E-state index >= 15 is 0 Å². The standard InChI is InChI=1S/C15H12ClFN2O4S/c1-7(13(21)19-14-10(12(18)20)4-5-24-14)23-15(22)9-3-2-8(16)6-11(9)17/h2-7H,1H3,(H2,18,20)(H,19,21)/t7-/m0/s1. The van der Waals surface area contributed by atoms with E-state index in [1.807, 2.05) is 0 Å². The Bertz CT molecular complexity index is 809. The highest BCUT2D eigenvalue weighted by molar-refractivity contribution is 7.14. The summed E-state index contributed by atoms with van der Waals surface area (Å²) in [5.74, 6) is -3.23. The smallest absolute Gasteiger partial charge is 0.341 e. The summed E-state index contributed by atoms with van der Waals surface area (Å²) in [7, 11) is 0. The number of ether oxygens (including phenoxy) is 1. The van der Waals surface area contributed by atoms with Crippen LogP contribution in [0.5, 0.6) is 0 Å². The third kappa shape index (κ3) is 4.09. The van der Waals surface area contributed by atoms with E-state index in [0.29, 0.717) is 0 Å². The van der Waals surface area contributed by atoms with Crippen LogP contribution in [0.25, 0.3) is 0 Å². The Morgan fingerprint density at radius 1 is 1.29 bits per heavy atom. The molecule has 2 amide bonds. The number of nitrogens with two attached hydrogens (primary N) is 1. The summed E-state index contributed by atoms with van der Waals surface area (Å²) >= 11 is 6.70. The van der Waals surface area contributed by atoms with Crippen molar-refractivity contribution in [3.8, 4) is 0 Å². The molecule has 0 saturated heterocycles. The second kappa shape index (κ2) is 7.41. The van der Waals surface area contributed by atoms with Gasteiger partial charge in [-0.2, -0.15) is 0 Å². The lowest BCUT2D eigenvalue weighted by atomic mass is 10.2. The molecule has 6 nitrogen and oxygen atoms in total. The average molecular weight is 371 g/mol. The van der Waals surface area contributed by atoms with E-state index in [4.69, 9.17) is 22.1 Å². The summed E-state index contributed by atoms with van der Waals surface area (Å²) in [5.41, 5.74) is 4.98. The van der Waals surface area contributed by atoms with Crippen molar-refractivity contribution in [2.75, 3.05) is 5.32 Å². The Balaban J connectivity index is 2.04. The summed E-state index contributed by atoms with van der Waals surface area (Å²) < 4.78 is 18.6. The number of amides is 2. The number of carbonyl (C=O) groups excluding carboxylic acids is 3. The van der Waals surface area contributed by atoms with Crippen LogP contribution < -0.4 is 11.1 Å². The fraction of sp³-hybridized carbons (Fsp3) is 0.133. The van der Waals surface area contributed by atoms with Gasteiger partial charge in [0.2, 0.25) is 0 Å². The lowest BCUT2D eigenvalue weighted by Gasteiger charge is -2.13. The molecule has 0 aliphatic rings. The Hall–Kier alpha value is -2.45. The molecule has 0 bridgehead atoms. The first-order valence-electron chi connectivity index (χ1n) is 6.63. The molecule has 1 aromatic heterocycles. The van der Waals surface area contributed by atoms with Gasteiger partial charge in [0.05, 0.1) is 11.1 Å². The number of hydrogen-bond donors (Lipinski definition) is 2. The molecular weight excluding hydrogens is 359 g/mol. The van der Waals surface area contributed by atoms with Crippen LogP contribution in [0.15, 0.2) is 29.6 Å². The number of benzene rings is 1. The van der Waals surface area contributed by atoms with Crippen LogP contribution in [0.4, 0.5) is 9.39 Å². The minimum atomic E-state index is -1.21. The van der Waals surface area contributed by atoms with Crippen LogP contribution in [-0.2, 0) is 9.53 Å². The molecule has 126 valence electrons. The molecule has 0 spiro atoms. The SMILES string of the molecule is C[C@H](OC(=O)c1ccc(Cl)cc1F)C(=O)Nc1sccc1C(N)=O. The van der Waals surface area contributed by atoms with Gasteiger partial charge in [0.1, 0.15) is 10.8 Å². The molecule has 1 heterocycles. The Labute approximate surface area is 145 Å². The van der Waals surface area contributed by atoms with Crippen LogP contribution in [0.2, 0.25) is 5.02 Å². The highest BCUT2D eigenvalue weighted by atomic mass is 35.5. The van der Waals surface area contributed by atoms with Gasteiger partial charge in [0, 0.05) is 5.02 Å². The van der Waals surface area contributed by atoms with Crippen LogP contribution in [0, 0.1) is 5.82 Å². The van der Waals surface area contributed by atoms with Gasteiger partial charge in [-0.15, -0.1) is 11.3 Å². The molecule has 1 atom stereocenters. The highest BCUT2D eigenvalue weighted by Gasteiger charge is 2.23. The van der Waals surface area contributed by atoms with E-state index in [0.717, 1.165) is 23.5 Å². The number of esters is 1. The van der Waals surface area contributed by atoms with Crippen molar-refractivity contribution in [1.29, 1.82) is 0 Å². The second-order valence-corrected chi connectivity index (χ2v) is 6.04. The third-order valence-electron chi connectivity index (χ3n) is 2.97. The molecule has 0 radical (unpaired) electrons. The maximum Gasteiger partial charge on any atom is 0.341 e. The Morgan fingerprint density at radius 3 is 2.62 bits per heavy atom. The van der Waals surface area contributed by atoms with Gasteiger partial charge in [-0.1, -0.05) is 11.6 Å². The van der Waals surface area contributed by atoms with E-state index in [9.17, 15) is 18.8 Å². The van der Waals surface area contributed by atoms with Gasteiger partial charge in [-0.3, -0.25) is 9.59 Å². The summed E-state index contributed by atoms with van der Waals surface area (Å²) in [6, 6.07) is 4.92. The molecule has 0 aliphatic heterocycles. The highest BCUT2D eigenvalue weighted by Crippen LogP contribution is 2.23. The van der Waals surface area contributed by atoms with E-state index in [2.05, 4.69) is 5.32 Å². The third-order valence-corrected chi connectivity index (χ3v) is 4.04. The lowest BCUT2D eigenvalue weighted by molar-refractivity contribution is -0.123. The van der Waals surface area contributed by atoms with Crippen molar-refractivity contribution in [1.82, 2.24) is 0 Å². The molecule has 2 rings (SSSR count). The van der Waals surface area contributed by atoms with Gasteiger partial charge >= 0.3 is 5.97 Å². The second-order valence-electron chi connectivity index (χ2n) is 4.69. The van der Waals surface area contributed by atoms with Crippen LogP contribution >= 0.6 is 22.9 Å². The van der Waals surface area contributed by atoms with Crippen LogP contribution in [0.3, 0.4) is 0 Å². The Morgan fingerprint density at radius 2 is 2.00 bits per heavy atom. The quantitative estimate of drug-likeness (QED) is 0.790. The zero-order chi connectivity index (χ0) is 17.9. The topological polar surface area (TPSA) is 98.5 Å². The van der Waals surface area contributed by atoms with Gasteiger partial charge in [0.15, 0.2) is 6.10 Å². The summed E-state index contributed by atoms with van der Waals surface area (Å²) in [6.07, 6.45) is -1.21. The van der Waals surface area contributed by atoms with Crippen LogP contribution in [-0.4, -0.2) is 23.9 Å². The molecule has 24 heavy (non-hydrogen) atoms. The van der Waals surface area contributed by atoms with Gasteiger partial charge in [0.25, 0.3) is 11.8 Å². The monoisotopic (exact) mass is 370 g/mol. The molecule has 2 aromatic rings. The zero-order valence-corrected chi connectivity index (χ0v) is 13.9.